The maximum Gasteiger partial charge on any atom is 0.272 e. The molecule has 99 heavy (non-hydrogen) atoms. The lowest BCUT2D eigenvalue weighted by Gasteiger charge is -2.24. The molecule has 548 valence electrons. The molecule has 5 heterocycles. The number of carbonyl (C=O) groups excluding carboxylic acids is 5. The zero-order valence-electron chi connectivity index (χ0n) is 64.6. The van der Waals surface area contributed by atoms with Gasteiger partial charge in [-0.15, -0.1) is 0 Å². The van der Waals surface area contributed by atoms with Crippen molar-refractivity contribution in [2.24, 2.45) is 0 Å². The van der Waals surface area contributed by atoms with Gasteiger partial charge in [0.15, 0.2) is 0 Å². The summed E-state index contributed by atoms with van der Waals surface area (Å²) in [6.45, 7) is 41.2. The Morgan fingerprint density at radius 1 is 0.434 bits per heavy atom. The van der Waals surface area contributed by atoms with Crippen LogP contribution in [0.2, 0.25) is 0 Å². The first kappa shape index (κ1) is 84.2. The molecule has 0 aliphatic carbocycles. The van der Waals surface area contributed by atoms with Gasteiger partial charge in [-0.05, 0) is 196 Å². The molecule has 0 bridgehead atoms. The number of ether oxygens (including phenoxy) is 5. The van der Waals surface area contributed by atoms with Crippen molar-refractivity contribution in [3.8, 4) is 11.6 Å². The van der Waals surface area contributed by atoms with Gasteiger partial charge in [0.2, 0.25) is 5.88 Å². The second-order valence-corrected chi connectivity index (χ2v) is 28.1. The summed E-state index contributed by atoms with van der Waals surface area (Å²) < 4.78 is 26.2. The number of aryl methyl sites for hydroxylation is 2. The molecule has 0 saturated carbocycles. The second-order valence-electron chi connectivity index (χ2n) is 28.1. The van der Waals surface area contributed by atoms with Crippen molar-refractivity contribution in [2.45, 2.75) is 223 Å². The van der Waals surface area contributed by atoms with Crippen LogP contribution in [0.3, 0.4) is 0 Å². The smallest absolute Gasteiger partial charge is 0.272 e. The van der Waals surface area contributed by atoms with Crippen LogP contribution in [0, 0.1) is 13.8 Å². The molecule has 2 aromatic heterocycles. The lowest BCUT2D eigenvalue weighted by atomic mass is 9.97. The zero-order chi connectivity index (χ0) is 73.5. The van der Waals surface area contributed by atoms with Gasteiger partial charge in [0.1, 0.15) is 17.1 Å². The third kappa shape index (κ3) is 26.0. The number of amides is 5. The van der Waals surface area contributed by atoms with E-state index >= 15 is 0 Å². The van der Waals surface area contributed by atoms with E-state index in [0.29, 0.717) is 72.2 Å². The molecule has 5 amide bonds. The lowest BCUT2D eigenvalue weighted by molar-refractivity contribution is 0.0624. The number of carbonyl (C=O) groups is 5. The summed E-state index contributed by atoms with van der Waals surface area (Å²) in [5.74, 6) is 3.68. The van der Waals surface area contributed by atoms with Crippen LogP contribution < -0.4 is 9.47 Å². The molecule has 0 spiro atoms. The fraction of sp³-hybridized carbons (Fsp3) is 0.598. The minimum atomic E-state index is -0.00509. The van der Waals surface area contributed by atoms with Crippen LogP contribution >= 0.6 is 0 Å². The molecule has 3 fully saturated rings. The topological polar surface area (TPSA) is 173 Å². The highest BCUT2D eigenvalue weighted by Crippen LogP contribution is 2.29. The average Bonchev–Trinajstić information content (AvgIpc) is 1.80. The molecule has 3 saturated heterocycles. The first-order valence-electron chi connectivity index (χ1n) is 36.7. The lowest BCUT2D eigenvalue weighted by Crippen LogP contribution is -2.38. The summed E-state index contributed by atoms with van der Waals surface area (Å²) in [4.78, 5) is 81.5. The number of likely N-dealkylation sites (tertiary alicyclic amines) is 3. The summed E-state index contributed by atoms with van der Waals surface area (Å²) >= 11 is 0. The summed E-state index contributed by atoms with van der Waals surface area (Å²) in [6, 6.07) is 28.5. The van der Waals surface area contributed by atoms with Gasteiger partial charge in [-0.25, -0.2) is 9.97 Å². The first-order chi connectivity index (χ1) is 47.2. The van der Waals surface area contributed by atoms with E-state index in [9.17, 15) is 24.0 Å². The SMILES string of the molecule is CCCN(CCC)C(=O)c1cc(C(C)C)cc(C)n1.CCCN(CCC)C(=O)c1cc(C(C)C)cc(OC)n1.COC[C@H]1CCCN1C(=O)c1cc(C)cc(C(C)C)c1.COC[C@H]1CCCN1C(=O)c1cc(OC)cc(C(C)C)c1.COC[C@H]1CCCN1C(=O)c1cccc(C(C)C)c1. The van der Waals surface area contributed by atoms with Gasteiger partial charge in [-0.1, -0.05) is 121 Å². The highest BCUT2D eigenvalue weighted by atomic mass is 16.5. The third-order valence-corrected chi connectivity index (χ3v) is 18.2. The number of methoxy groups -OCH3 is 5. The van der Waals surface area contributed by atoms with E-state index in [1.54, 1.807) is 35.5 Å². The predicted molar refractivity (Wildman–Crippen MR) is 402 cm³/mol. The molecule has 3 aliphatic rings. The van der Waals surface area contributed by atoms with Crippen LogP contribution in [0.1, 0.15) is 282 Å². The highest BCUT2D eigenvalue weighted by molar-refractivity contribution is 5.97. The molecule has 0 unspecified atom stereocenters. The standard InChI is InChI=1S/C17H25NO3.C17H25NO2.C16H26N2O2.C16H26N2O.C16H23NO2/c1-12(2)13-8-14(10-16(9-13)21-4)17(19)18-7-5-6-15(18)11-20-3;1-12(2)14-8-13(3)9-15(10-14)17(19)18-7-5-6-16(18)11-20-4;1-6-8-18(9-7-2)16(19)14-10-13(12(3)4)11-15(17-14)20-5;1-6-8-18(9-7-2)16(19)15-11-14(12(3)4)10-13(5)17-15;1-12(2)13-6-4-7-14(10-13)16(18)17-9-5-8-15(17)11-19-3/h8-10,12,15H,5-7,11H2,1-4H3;8-10,12,16H,5-7,11H2,1-4H3;10-12H,6-9H2,1-5H3;10-12H,6-9H2,1-5H3;4,6-7,10,12,15H,5,8-9,11H2,1-3H3/t15-;16-;;;15-/m11..1/s1. The van der Waals surface area contributed by atoms with Crippen molar-refractivity contribution in [1.82, 2.24) is 34.5 Å². The van der Waals surface area contributed by atoms with Crippen molar-refractivity contribution >= 4 is 29.5 Å². The van der Waals surface area contributed by atoms with Gasteiger partial charge >= 0.3 is 0 Å². The van der Waals surface area contributed by atoms with E-state index in [1.807, 2.05) is 98.2 Å². The van der Waals surface area contributed by atoms with Gasteiger partial charge < -0.3 is 48.2 Å². The molecule has 17 heteroatoms. The Labute approximate surface area is 596 Å². The molecule has 5 aromatic rings. The minimum Gasteiger partial charge on any atom is -0.497 e. The van der Waals surface area contributed by atoms with Crippen molar-refractivity contribution < 1.29 is 47.7 Å². The molecule has 3 atom stereocenters. The summed E-state index contributed by atoms with van der Waals surface area (Å²) in [5, 5.41) is 0. The molecule has 3 aliphatic heterocycles. The van der Waals surface area contributed by atoms with E-state index in [4.69, 9.17) is 23.7 Å². The Morgan fingerprint density at radius 3 is 1.20 bits per heavy atom. The monoisotopic (exact) mass is 1370 g/mol. The number of hydrogen-bond acceptors (Lipinski definition) is 12. The number of aromatic nitrogens is 2. The fourth-order valence-electron chi connectivity index (χ4n) is 12.6. The first-order valence-corrected chi connectivity index (χ1v) is 36.7. The maximum absolute atomic E-state index is 12.8. The van der Waals surface area contributed by atoms with Crippen molar-refractivity contribution in [3.05, 3.63) is 152 Å². The molecular formula is C82H125N7O10. The van der Waals surface area contributed by atoms with E-state index in [2.05, 4.69) is 132 Å². The van der Waals surface area contributed by atoms with Crippen LogP contribution in [0.25, 0.3) is 0 Å². The normalized spacial score (nSPS) is 15.6. The minimum absolute atomic E-state index is 0.00509. The Morgan fingerprint density at radius 2 is 0.808 bits per heavy atom. The van der Waals surface area contributed by atoms with Crippen LogP contribution in [0.4, 0.5) is 0 Å². The summed E-state index contributed by atoms with van der Waals surface area (Å²) in [7, 11) is 8.29. The Bertz CT molecular complexity index is 3280. The van der Waals surface area contributed by atoms with Crippen molar-refractivity contribution in [2.75, 3.05) is 101 Å². The molecule has 17 nitrogen and oxygen atoms in total. The highest BCUT2D eigenvalue weighted by Gasteiger charge is 2.33. The molecule has 8 rings (SSSR count). The van der Waals surface area contributed by atoms with Gasteiger partial charge in [0.25, 0.3) is 29.5 Å². The number of nitrogens with zero attached hydrogens (tertiary/aromatic N) is 7. The average molecular weight is 1370 g/mol. The van der Waals surface area contributed by atoms with E-state index in [-0.39, 0.29) is 47.7 Å². The van der Waals surface area contributed by atoms with Crippen LogP contribution in [0.15, 0.2) is 84.9 Å². The number of pyridine rings is 2. The van der Waals surface area contributed by atoms with Crippen molar-refractivity contribution in [3.63, 3.8) is 0 Å². The molecule has 3 aromatic carbocycles. The van der Waals surface area contributed by atoms with E-state index in [0.717, 1.165) is 149 Å². The Hall–Kier alpha value is -7.21. The van der Waals surface area contributed by atoms with Gasteiger partial charge in [-0.3, -0.25) is 24.0 Å². The second kappa shape index (κ2) is 43.5. The maximum atomic E-state index is 12.8. The quantitative estimate of drug-likeness (QED) is 0.0513. The predicted octanol–water partition coefficient (Wildman–Crippen LogP) is 16.8. The summed E-state index contributed by atoms with van der Waals surface area (Å²) in [6.07, 6.45) is 10.2. The zero-order valence-corrected chi connectivity index (χ0v) is 64.6. The Balaban J connectivity index is 0.000000263. The number of hydrogen-bond donors (Lipinski definition) is 0. The molecular weight excluding hydrogens is 1240 g/mol. The largest absolute Gasteiger partial charge is 0.497 e. The van der Waals surface area contributed by atoms with Crippen molar-refractivity contribution in [1.29, 1.82) is 0 Å². The van der Waals surface area contributed by atoms with Gasteiger partial charge in [0.05, 0.1) is 52.2 Å². The third-order valence-electron chi connectivity index (χ3n) is 18.2. The molecule has 0 radical (unpaired) electrons. The van der Waals surface area contributed by atoms with E-state index < -0.39 is 0 Å². The van der Waals surface area contributed by atoms with Crippen LogP contribution in [-0.2, 0) is 14.2 Å². The fourth-order valence-corrected chi connectivity index (χ4v) is 12.6. The van der Waals surface area contributed by atoms with Crippen LogP contribution in [-0.4, -0.2) is 183 Å². The molecule has 0 N–H and O–H groups in total. The number of benzene rings is 3. The Kier molecular flexibility index (Phi) is 37.0. The van der Waals surface area contributed by atoms with E-state index in [1.165, 1.54) is 16.7 Å². The van der Waals surface area contributed by atoms with Gasteiger partial charge in [0, 0.05) is 95.6 Å². The van der Waals surface area contributed by atoms with Gasteiger partial charge in [-0.2, -0.15) is 0 Å². The van der Waals surface area contributed by atoms with Crippen LogP contribution in [0.5, 0.6) is 11.6 Å². The summed E-state index contributed by atoms with van der Waals surface area (Å²) in [5.41, 5.74) is 11.3. The number of rotatable bonds is 26.